The Morgan fingerprint density at radius 2 is 2.14 bits per heavy atom. The van der Waals surface area contributed by atoms with E-state index in [4.69, 9.17) is 20.9 Å². The highest BCUT2D eigenvalue weighted by atomic mass is 127. The van der Waals surface area contributed by atoms with E-state index in [-0.39, 0.29) is 36.6 Å². The Bertz CT molecular complexity index is 497. The molecule has 5 N–H and O–H groups in total. The van der Waals surface area contributed by atoms with Crippen LogP contribution in [0.25, 0.3) is 0 Å². The van der Waals surface area contributed by atoms with Gasteiger partial charge in [-0.25, -0.2) is 4.99 Å². The summed E-state index contributed by atoms with van der Waals surface area (Å²) in [6, 6.07) is 7.34. The maximum Gasteiger partial charge on any atom is 0.255 e. The van der Waals surface area contributed by atoms with Crippen molar-refractivity contribution in [3.05, 3.63) is 29.8 Å². The van der Waals surface area contributed by atoms with E-state index in [9.17, 15) is 4.79 Å². The molecule has 22 heavy (non-hydrogen) atoms. The number of halogens is 1. The van der Waals surface area contributed by atoms with Crippen LogP contribution < -0.4 is 21.5 Å². The molecule has 1 aromatic rings. The Labute approximate surface area is 147 Å². The molecule has 0 saturated carbocycles. The number of benzene rings is 1. The van der Waals surface area contributed by atoms with Gasteiger partial charge in [-0.15, -0.1) is 24.0 Å². The molecule has 0 heterocycles. The molecule has 0 bridgehead atoms. The third-order valence-electron chi connectivity index (χ3n) is 2.52. The smallest absolute Gasteiger partial charge is 0.255 e. The maximum atomic E-state index is 10.7. The number of primary amides is 1. The van der Waals surface area contributed by atoms with Gasteiger partial charge >= 0.3 is 0 Å². The molecule has 0 aliphatic carbocycles. The number of guanidine groups is 1. The number of hydrogen-bond donors (Lipinski definition) is 3. The molecule has 1 aromatic carbocycles. The molecule has 124 valence electrons. The van der Waals surface area contributed by atoms with E-state index in [1.54, 1.807) is 19.2 Å². The van der Waals surface area contributed by atoms with Gasteiger partial charge in [0.2, 0.25) is 0 Å². The van der Waals surface area contributed by atoms with E-state index in [2.05, 4.69) is 10.3 Å². The molecule has 1 atom stereocenters. The highest BCUT2D eigenvalue weighted by molar-refractivity contribution is 14.0. The zero-order chi connectivity index (χ0) is 15.7. The molecule has 0 fully saturated rings. The molecule has 0 spiro atoms. The quantitative estimate of drug-likeness (QED) is 0.323. The molecule has 0 aliphatic rings. The number of hydrogen-bond acceptors (Lipinski definition) is 4. The third-order valence-corrected chi connectivity index (χ3v) is 2.52. The highest BCUT2D eigenvalue weighted by Crippen LogP contribution is 2.13. The maximum absolute atomic E-state index is 10.7. The van der Waals surface area contributed by atoms with Crippen molar-refractivity contribution >= 4 is 35.8 Å². The summed E-state index contributed by atoms with van der Waals surface area (Å²) in [5.74, 6) is 0.405. The summed E-state index contributed by atoms with van der Waals surface area (Å²) in [7, 11) is 1.63. The average molecular weight is 422 g/mol. The number of rotatable bonds is 8. The molecule has 7 nitrogen and oxygen atoms in total. The van der Waals surface area contributed by atoms with Crippen LogP contribution in [0, 0.1) is 0 Å². The number of nitrogens with one attached hydrogen (secondary N) is 1. The van der Waals surface area contributed by atoms with E-state index in [0.717, 1.165) is 5.56 Å². The molecule has 1 amide bonds. The second kappa shape index (κ2) is 11.1. The Morgan fingerprint density at radius 1 is 1.41 bits per heavy atom. The zero-order valence-electron chi connectivity index (χ0n) is 12.7. The van der Waals surface area contributed by atoms with Crippen molar-refractivity contribution < 1.29 is 14.3 Å². The Hall–Kier alpha value is -1.55. The number of carbonyl (C=O) groups is 1. The number of nitrogens with zero attached hydrogens (tertiary/aromatic N) is 1. The number of carbonyl (C=O) groups excluding carboxylic acids is 1. The lowest BCUT2D eigenvalue weighted by atomic mass is 10.2. The molecule has 1 unspecified atom stereocenters. The van der Waals surface area contributed by atoms with Gasteiger partial charge < -0.3 is 26.3 Å². The van der Waals surface area contributed by atoms with Gasteiger partial charge in [-0.05, 0) is 24.6 Å². The summed E-state index contributed by atoms with van der Waals surface area (Å²) in [6.07, 6.45) is 0. The van der Waals surface area contributed by atoms with E-state index in [1.165, 1.54) is 0 Å². The van der Waals surface area contributed by atoms with Gasteiger partial charge in [0.1, 0.15) is 5.75 Å². The summed E-state index contributed by atoms with van der Waals surface area (Å²) in [5, 5.41) is 3.02. The van der Waals surface area contributed by atoms with Gasteiger partial charge in [-0.2, -0.15) is 0 Å². The first-order chi connectivity index (χ1) is 10.0. The van der Waals surface area contributed by atoms with Gasteiger partial charge in [-0.1, -0.05) is 12.1 Å². The molecule has 1 rings (SSSR count). The first-order valence-corrected chi connectivity index (χ1v) is 6.56. The van der Waals surface area contributed by atoms with Crippen molar-refractivity contribution in [2.24, 2.45) is 16.5 Å². The Balaban J connectivity index is 0.00000441. The second-order valence-corrected chi connectivity index (χ2v) is 4.60. The molecule has 0 radical (unpaired) electrons. The van der Waals surface area contributed by atoms with Crippen LogP contribution in [0.3, 0.4) is 0 Å². The summed E-state index contributed by atoms with van der Waals surface area (Å²) in [4.78, 5) is 14.9. The lowest BCUT2D eigenvalue weighted by Crippen LogP contribution is -2.40. The van der Waals surface area contributed by atoms with Crippen molar-refractivity contribution in [2.45, 2.75) is 19.5 Å². The second-order valence-electron chi connectivity index (χ2n) is 4.60. The fourth-order valence-electron chi connectivity index (χ4n) is 1.65. The monoisotopic (exact) mass is 422 g/mol. The summed E-state index contributed by atoms with van der Waals surface area (Å²) in [5.41, 5.74) is 11.7. The SMILES string of the molecule is COCC(C)NC(N)=NCc1cccc(OCC(N)=O)c1.I. The number of methoxy groups -OCH3 is 1. The van der Waals surface area contributed by atoms with Gasteiger partial charge in [-0.3, -0.25) is 4.79 Å². The highest BCUT2D eigenvalue weighted by Gasteiger charge is 2.02. The van der Waals surface area contributed by atoms with Crippen LogP contribution in [0.15, 0.2) is 29.3 Å². The first kappa shape index (κ1) is 20.5. The molecule has 8 heteroatoms. The average Bonchev–Trinajstić information content (AvgIpc) is 2.43. The largest absolute Gasteiger partial charge is 0.484 e. The normalized spacial score (nSPS) is 12.2. The first-order valence-electron chi connectivity index (χ1n) is 6.56. The van der Waals surface area contributed by atoms with Crippen LogP contribution in [0.4, 0.5) is 0 Å². The van der Waals surface area contributed by atoms with Crippen LogP contribution in [-0.2, 0) is 16.1 Å². The molecule has 0 saturated heterocycles. The van der Waals surface area contributed by atoms with Crippen molar-refractivity contribution in [2.75, 3.05) is 20.3 Å². The van der Waals surface area contributed by atoms with Crippen LogP contribution in [0.2, 0.25) is 0 Å². The van der Waals surface area contributed by atoms with Crippen LogP contribution >= 0.6 is 24.0 Å². The number of amides is 1. The van der Waals surface area contributed by atoms with Crippen LogP contribution in [-0.4, -0.2) is 38.2 Å². The van der Waals surface area contributed by atoms with Gasteiger partial charge in [0, 0.05) is 13.2 Å². The third kappa shape index (κ3) is 8.67. The molecular weight excluding hydrogens is 399 g/mol. The molecular formula is C14H23IN4O3. The molecule has 0 aliphatic heterocycles. The van der Waals surface area contributed by atoms with Crippen molar-refractivity contribution in [1.82, 2.24) is 5.32 Å². The minimum absolute atomic E-state index is 0. The summed E-state index contributed by atoms with van der Waals surface area (Å²) >= 11 is 0. The van der Waals surface area contributed by atoms with Crippen molar-refractivity contribution in [1.29, 1.82) is 0 Å². The van der Waals surface area contributed by atoms with Gasteiger partial charge in [0.25, 0.3) is 5.91 Å². The van der Waals surface area contributed by atoms with E-state index >= 15 is 0 Å². The van der Waals surface area contributed by atoms with Crippen molar-refractivity contribution in [3.63, 3.8) is 0 Å². The minimum atomic E-state index is -0.515. The fourth-order valence-corrected chi connectivity index (χ4v) is 1.65. The Kier molecular flexibility index (Phi) is 10.3. The van der Waals surface area contributed by atoms with Crippen molar-refractivity contribution in [3.8, 4) is 5.75 Å². The molecule has 0 aromatic heterocycles. The van der Waals surface area contributed by atoms with E-state index < -0.39 is 5.91 Å². The van der Waals surface area contributed by atoms with Crippen LogP contribution in [0.5, 0.6) is 5.75 Å². The van der Waals surface area contributed by atoms with Gasteiger partial charge in [0.15, 0.2) is 12.6 Å². The summed E-state index contributed by atoms with van der Waals surface area (Å²) < 4.78 is 10.2. The van der Waals surface area contributed by atoms with Crippen LogP contribution in [0.1, 0.15) is 12.5 Å². The zero-order valence-corrected chi connectivity index (χ0v) is 15.1. The number of ether oxygens (including phenoxy) is 2. The fraction of sp³-hybridized carbons (Fsp3) is 0.429. The number of aliphatic imine (C=N–C) groups is 1. The van der Waals surface area contributed by atoms with Gasteiger partial charge in [0.05, 0.1) is 13.2 Å². The standard InChI is InChI=1S/C14H22N4O3.HI/c1-10(8-20-2)18-14(16)17-7-11-4-3-5-12(6-11)21-9-13(15)19;/h3-6,10H,7-9H2,1-2H3,(H2,15,19)(H3,16,17,18);1H. The lowest BCUT2D eigenvalue weighted by Gasteiger charge is -2.13. The Morgan fingerprint density at radius 3 is 2.77 bits per heavy atom. The minimum Gasteiger partial charge on any atom is -0.484 e. The van der Waals surface area contributed by atoms with E-state index in [1.807, 2.05) is 19.1 Å². The summed E-state index contributed by atoms with van der Waals surface area (Å²) in [6.45, 7) is 2.76. The lowest BCUT2D eigenvalue weighted by molar-refractivity contribution is -0.119. The number of nitrogens with two attached hydrogens (primary N) is 2. The predicted molar refractivity (Wildman–Crippen MR) is 96.3 cm³/mol. The predicted octanol–water partition coefficient (Wildman–Crippen LogP) is 0.608. The van der Waals surface area contributed by atoms with E-state index in [0.29, 0.717) is 24.9 Å². The topological polar surface area (TPSA) is 112 Å².